The number of hydrogen-bond acceptors (Lipinski definition) is 4. The topological polar surface area (TPSA) is 95.6 Å². The van der Waals surface area contributed by atoms with Crippen LogP contribution in [-0.4, -0.2) is 16.1 Å². The first-order valence-electron chi connectivity index (χ1n) is 5.46. The molecule has 5 nitrogen and oxygen atoms in total. The van der Waals surface area contributed by atoms with Gasteiger partial charge in [0.25, 0.3) is 5.91 Å². The van der Waals surface area contributed by atoms with Crippen molar-refractivity contribution in [3.63, 3.8) is 0 Å². The van der Waals surface area contributed by atoms with Gasteiger partial charge < -0.3 is 21.3 Å². The first kappa shape index (κ1) is 13.6. The third-order valence-electron chi connectivity index (χ3n) is 2.53. The zero-order chi connectivity index (χ0) is 14.9. The van der Waals surface area contributed by atoms with Crippen molar-refractivity contribution in [1.82, 2.24) is 0 Å². The average Bonchev–Trinajstić information content (AvgIpc) is 2.38. The van der Waals surface area contributed by atoms with Crippen LogP contribution < -0.4 is 11.1 Å². The number of rotatable bonds is 2. The third-order valence-corrected chi connectivity index (χ3v) is 2.53. The standard InChI is InChI=1S/C13H10F2N2O3/c14-9-1-2-10(16)12(11(9)15)17-13(20)6-3-7(18)5-8(19)4-6/h1-5,18-19H,16H2,(H,17,20). The van der Waals surface area contributed by atoms with Crippen molar-refractivity contribution < 1.29 is 23.8 Å². The minimum absolute atomic E-state index is 0.134. The van der Waals surface area contributed by atoms with Crippen molar-refractivity contribution in [2.24, 2.45) is 0 Å². The Morgan fingerprint density at radius 3 is 2.30 bits per heavy atom. The highest BCUT2D eigenvalue weighted by molar-refractivity contribution is 6.06. The Bertz CT molecular complexity index is 669. The maximum atomic E-state index is 13.5. The van der Waals surface area contributed by atoms with Crippen molar-refractivity contribution in [3.05, 3.63) is 47.5 Å². The maximum absolute atomic E-state index is 13.5. The zero-order valence-electron chi connectivity index (χ0n) is 10.0. The van der Waals surface area contributed by atoms with Crippen LogP contribution in [0.5, 0.6) is 11.5 Å². The minimum atomic E-state index is -1.29. The molecule has 2 aromatic rings. The molecule has 0 aliphatic carbocycles. The van der Waals surface area contributed by atoms with Gasteiger partial charge in [-0.25, -0.2) is 8.78 Å². The largest absolute Gasteiger partial charge is 0.508 e. The molecule has 20 heavy (non-hydrogen) atoms. The number of anilines is 2. The van der Waals surface area contributed by atoms with Crippen LogP contribution in [0.3, 0.4) is 0 Å². The van der Waals surface area contributed by atoms with Crippen molar-refractivity contribution in [2.75, 3.05) is 11.1 Å². The number of nitrogen functional groups attached to an aromatic ring is 1. The molecule has 0 bridgehead atoms. The van der Waals surface area contributed by atoms with Crippen LogP contribution in [-0.2, 0) is 0 Å². The Kier molecular flexibility index (Phi) is 3.43. The van der Waals surface area contributed by atoms with Gasteiger partial charge in [-0.2, -0.15) is 0 Å². The van der Waals surface area contributed by atoms with Crippen molar-refractivity contribution in [3.8, 4) is 11.5 Å². The van der Waals surface area contributed by atoms with Crippen molar-refractivity contribution in [2.45, 2.75) is 0 Å². The molecule has 2 rings (SSSR count). The van der Waals surface area contributed by atoms with Crippen LogP contribution in [0, 0.1) is 11.6 Å². The number of nitrogens with one attached hydrogen (secondary N) is 1. The average molecular weight is 280 g/mol. The van der Waals surface area contributed by atoms with Crippen LogP contribution in [0.2, 0.25) is 0 Å². The lowest BCUT2D eigenvalue weighted by Crippen LogP contribution is -2.15. The second-order valence-electron chi connectivity index (χ2n) is 4.02. The highest BCUT2D eigenvalue weighted by Gasteiger charge is 2.16. The van der Waals surface area contributed by atoms with Gasteiger partial charge in [-0.1, -0.05) is 0 Å². The molecule has 0 saturated carbocycles. The molecular weight excluding hydrogens is 270 g/mol. The van der Waals surface area contributed by atoms with Gasteiger partial charge in [0.15, 0.2) is 11.6 Å². The smallest absolute Gasteiger partial charge is 0.256 e. The van der Waals surface area contributed by atoms with Crippen LogP contribution in [0.15, 0.2) is 30.3 Å². The van der Waals surface area contributed by atoms with Crippen LogP contribution in [0.1, 0.15) is 10.4 Å². The van der Waals surface area contributed by atoms with Gasteiger partial charge >= 0.3 is 0 Å². The van der Waals surface area contributed by atoms with Gasteiger partial charge in [0.05, 0.1) is 5.69 Å². The quantitative estimate of drug-likeness (QED) is 0.634. The number of halogens is 2. The van der Waals surface area contributed by atoms with E-state index in [1.54, 1.807) is 0 Å². The Balaban J connectivity index is 2.35. The van der Waals surface area contributed by atoms with E-state index in [4.69, 9.17) is 5.73 Å². The number of benzene rings is 2. The minimum Gasteiger partial charge on any atom is -0.508 e. The van der Waals surface area contributed by atoms with E-state index in [1.807, 2.05) is 0 Å². The summed E-state index contributed by atoms with van der Waals surface area (Å²) in [6, 6.07) is 5.08. The Labute approximate surface area is 112 Å². The van der Waals surface area contributed by atoms with Crippen molar-refractivity contribution in [1.29, 1.82) is 0 Å². The second kappa shape index (κ2) is 5.04. The van der Waals surface area contributed by atoms with Gasteiger partial charge in [-0.05, 0) is 24.3 Å². The van der Waals surface area contributed by atoms with E-state index >= 15 is 0 Å². The summed E-state index contributed by atoms with van der Waals surface area (Å²) in [5, 5.41) is 20.6. The first-order valence-corrected chi connectivity index (χ1v) is 5.46. The molecule has 0 saturated heterocycles. The molecule has 0 aliphatic rings. The highest BCUT2D eigenvalue weighted by atomic mass is 19.2. The molecule has 0 aromatic heterocycles. The van der Waals surface area contributed by atoms with Crippen LogP contribution in [0.4, 0.5) is 20.2 Å². The summed E-state index contributed by atoms with van der Waals surface area (Å²) in [4.78, 5) is 11.9. The molecule has 104 valence electrons. The van der Waals surface area contributed by atoms with Gasteiger partial charge in [0, 0.05) is 11.6 Å². The molecule has 0 radical (unpaired) electrons. The lowest BCUT2D eigenvalue weighted by Gasteiger charge is -2.10. The van der Waals surface area contributed by atoms with Crippen molar-refractivity contribution >= 4 is 17.3 Å². The molecule has 0 unspecified atom stereocenters. The summed E-state index contributed by atoms with van der Waals surface area (Å²) in [6.45, 7) is 0. The van der Waals surface area contributed by atoms with E-state index in [2.05, 4.69) is 5.32 Å². The fourth-order valence-corrected chi connectivity index (χ4v) is 1.60. The molecule has 0 spiro atoms. The molecular formula is C13H10F2N2O3. The predicted octanol–water partition coefficient (Wildman–Crippen LogP) is 2.21. The van der Waals surface area contributed by atoms with Gasteiger partial charge in [0.2, 0.25) is 0 Å². The Morgan fingerprint density at radius 1 is 1.10 bits per heavy atom. The molecule has 0 fully saturated rings. The number of phenols is 2. The summed E-state index contributed by atoms with van der Waals surface area (Å²) in [6.07, 6.45) is 0. The summed E-state index contributed by atoms with van der Waals surface area (Å²) in [7, 11) is 0. The van der Waals surface area contributed by atoms with Crippen LogP contribution >= 0.6 is 0 Å². The zero-order valence-corrected chi connectivity index (χ0v) is 10.0. The lowest BCUT2D eigenvalue weighted by molar-refractivity contribution is 0.102. The summed E-state index contributed by atoms with van der Waals surface area (Å²) in [5.74, 6) is -3.99. The van der Waals surface area contributed by atoms with E-state index < -0.39 is 23.2 Å². The van der Waals surface area contributed by atoms with E-state index in [0.29, 0.717) is 0 Å². The molecule has 7 heteroatoms. The number of carbonyl (C=O) groups is 1. The molecule has 1 amide bonds. The SMILES string of the molecule is Nc1ccc(F)c(F)c1NC(=O)c1cc(O)cc(O)c1. The summed E-state index contributed by atoms with van der Waals surface area (Å²) >= 11 is 0. The van der Waals surface area contributed by atoms with Gasteiger partial charge in [-0.15, -0.1) is 0 Å². The van der Waals surface area contributed by atoms with E-state index in [1.165, 1.54) is 0 Å². The number of carbonyl (C=O) groups excluding carboxylic acids is 1. The molecule has 0 heterocycles. The van der Waals surface area contributed by atoms with Crippen LogP contribution in [0.25, 0.3) is 0 Å². The highest BCUT2D eigenvalue weighted by Crippen LogP contribution is 2.26. The third kappa shape index (κ3) is 2.61. The lowest BCUT2D eigenvalue weighted by atomic mass is 10.1. The predicted molar refractivity (Wildman–Crippen MR) is 68.5 cm³/mol. The Hall–Kier alpha value is -2.83. The normalized spacial score (nSPS) is 10.3. The van der Waals surface area contributed by atoms with E-state index in [0.717, 1.165) is 30.3 Å². The number of aromatic hydroxyl groups is 2. The first-order chi connectivity index (χ1) is 9.38. The molecule has 2 aromatic carbocycles. The fourth-order valence-electron chi connectivity index (χ4n) is 1.60. The molecule has 5 N–H and O–H groups in total. The number of amides is 1. The van der Waals surface area contributed by atoms with Gasteiger partial charge in [0.1, 0.15) is 17.2 Å². The monoisotopic (exact) mass is 280 g/mol. The maximum Gasteiger partial charge on any atom is 0.256 e. The van der Waals surface area contributed by atoms with Gasteiger partial charge in [-0.3, -0.25) is 4.79 Å². The Morgan fingerprint density at radius 2 is 1.70 bits per heavy atom. The van der Waals surface area contributed by atoms with E-state index in [9.17, 15) is 23.8 Å². The number of phenolic OH excluding ortho intramolecular Hbond substituents is 2. The number of hydrogen-bond donors (Lipinski definition) is 4. The number of nitrogens with two attached hydrogens (primary N) is 1. The molecule has 0 aliphatic heterocycles. The second-order valence-corrected chi connectivity index (χ2v) is 4.02. The summed E-state index contributed by atoms with van der Waals surface area (Å²) in [5.41, 5.74) is 4.67. The van der Waals surface area contributed by atoms with E-state index in [-0.39, 0.29) is 22.7 Å². The summed E-state index contributed by atoms with van der Waals surface area (Å²) < 4.78 is 26.6. The molecule has 0 atom stereocenters. The fraction of sp³-hybridized carbons (Fsp3) is 0.